The number of methoxy groups -OCH3 is 2. The molecule has 1 atom stereocenters. The van der Waals surface area contributed by atoms with Crippen LogP contribution in [0.25, 0.3) is 0 Å². The van der Waals surface area contributed by atoms with E-state index >= 15 is 0 Å². The van der Waals surface area contributed by atoms with Gasteiger partial charge in [0, 0.05) is 19.1 Å². The zero-order valence-corrected chi connectivity index (χ0v) is 11.8. The van der Waals surface area contributed by atoms with Gasteiger partial charge >= 0.3 is 0 Å². The van der Waals surface area contributed by atoms with Gasteiger partial charge in [-0.3, -0.25) is 4.79 Å². The maximum atomic E-state index is 12.2. The van der Waals surface area contributed by atoms with E-state index in [1.807, 2.05) is 0 Å². The van der Waals surface area contributed by atoms with Crippen molar-refractivity contribution in [2.24, 2.45) is 0 Å². The smallest absolute Gasteiger partial charge is 0.255 e. The maximum absolute atomic E-state index is 12.2. The largest absolute Gasteiger partial charge is 0.497 e. The van der Waals surface area contributed by atoms with Crippen molar-refractivity contribution in [3.05, 3.63) is 23.8 Å². The van der Waals surface area contributed by atoms with Crippen LogP contribution in [0.2, 0.25) is 0 Å². The van der Waals surface area contributed by atoms with E-state index in [2.05, 4.69) is 10.6 Å². The van der Waals surface area contributed by atoms with Crippen LogP contribution >= 0.6 is 0 Å². The Hall–Kier alpha value is -1.79. The van der Waals surface area contributed by atoms with Gasteiger partial charge in [0.05, 0.1) is 33.0 Å². The summed E-state index contributed by atoms with van der Waals surface area (Å²) in [6.07, 6.45) is 0. The number of hydrogen-bond donors (Lipinski definition) is 2. The first kappa shape index (κ1) is 14.6. The Bertz CT molecular complexity index is 458. The van der Waals surface area contributed by atoms with Crippen LogP contribution in [0.3, 0.4) is 0 Å². The normalized spacial score (nSPS) is 18.4. The van der Waals surface area contributed by atoms with E-state index in [0.717, 1.165) is 6.54 Å². The van der Waals surface area contributed by atoms with Crippen LogP contribution in [0.5, 0.6) is 11.5 Å². The van der Waals surface area contributed by atoms with E-state index in [4.69, 9.17) is 14.2 Å². The summed E-state index contributed by atoms with van der Waals surface area (Å²) in [7, 11) is 3.10. The molecule has 110 valence electrons. The second-order valence-electron chi connectivity index (χ2n) is 4.50. The lowest BCUT2D eigenvalue weighted by Crippen LogP contribution is -2.48. The molecule has 2 N–H and O–H groups in total. The van der Waals surface area contributed by atoms with Gasteiger partial charge in [0.2, 0.25) is 0 Å². The summed E-state index contributed by atoms with van der Waals surface area (Å²) >= 11 is 0. The number of morpholine rings is 1. The number of amides is 1. The first-order valence-electron chi connectivity index (χ1n) is 6.56. The van der Waals surface area contributed by atoms with Crippen molar-refractivity contribution in [1.29, 1.82) is 0 Å². The lowest BCUT2D eigenvalue weighted by molar-refractivity contribution is 0.0734. The van der Waals surface area contributed by atoms with Crippen molar-refractivity contribution >= 4 is 5.91 Å². The number of carbonyl (C=O) groups is 1. The number of hydrogen-bond acceptors (Lipinski definition) is 5. The molecule has 1 aromatic carbocycles. The highest BCUT2D eigenvalue weighted by molar-refractivity contribution is 5.97. The number of benzene rings is 1. The van der Waals surface area contributed by atoms with Crippen molar-refractivity contribution < 1.29 is 19.0 Å². The van der Waals surface area contributed by atoms with Crippen molar-refractivity contribution in [3.63, 3.8) is 0 Å². The van der Waals surface area contributed by atoms with E-state index in [1.54, 1.807) is 25.3 Å². The molecule has 1 fully saturated rings. The minimum absolute atomic E-state index is 0.143. The van der Waals surface area contributed by atoms with E-state index in [1.165, 1.54) is 7.11 Å². The van der Waals surface area contributed by atoms with Crippen LogP contribution in [-0.2, 0) is 4.74 Å². The summed E-state index contributed by atoms with van der Waals surface area (Å²) in [5, 5.41) is 6.16. The van der Waals surface area contributed by atoms with Crippen LogP contribution in [0, 0.1) is 0 Å². The standard InChI is InChI=1S/C14H20N2O4/c1-18-11-3-4-13(19-2)12(7-11)14(17)16-8-10-9-20-6-5-15-10/h3-4,7,10,15H,5-6,8-9H2,1-2H3,(H,16,17). The molecule has 1 heterocycles. The Morgan fingerprint density at radius 3 is 2.95 bits per heavy atom. The Kier molecular flexibility index (Phi) is 5.20. The molecule has 1 unspecified atom stereocenters. The Labute approximate surface area is 118 Å². The van der Waals surface area contributed by atoms with E-state index < -0.39 is 0 Å². The molecular formula is C14H20N2O4. The van der Waals surface area contributed by atoms with Crippen molar-refractivity contribution in [2.75, 3.05) is 40.5 Å². The zero-order chi connectivity index (χ0) is 14.4. The molecule has 0 aromatic heterocycles. The number of ether oxygens (including phenoxy) is 3. The van der Waals surface area contributed by atoms with Gasteiger partial charge in [-0.2, -0.15) is 0 Å². The zero-order valence-electron chi connectivity index (χ0n) is 11.8. The molecule has 1 amide bonds. The highest BCUT2D eigenvalue weighted by atomic mass is 16.5. The van der Waals surface area contributed by atoms with Gasteiger partial charge in [0.15, 0.2) is 0 Å². The van der Waals surface area contributed by atoms with Gasteiger partial charge in [-0.1, -0.05) is 0 Å². The first-order valence-corrected chi connectivity index (χ1v) is 6.56. The Balaban J connectivity index is 2.00. The molecule has 1 saturated heterocycles. The highest BCUT2D eigenvalue weighted by Crippen LogP contribution is 2.23. The molecule has 0 spiro atoms. The van der Waals surface area contributed by atoms with Crippen LogP contribution in [0.4, 0.5) is 0 Å². The molecule has 1 aliphatic rings. The molecule has 0 aliphatic carbocycles. The minimum Gasteiger partial charge on any atom is -0.497 e. The third-order valence-corrected chi connectivity index (χ3v) is 3.16. The average molecular weight is 280 g/mol. The minimum atomic E-state index is -0.187. The second kappa shape index (κ2) is 7.12. The number of rotatable bonds is 5. The van der Waals surface area contributed by atoms with Crippen molar-refractivity contribution in [3.8, 4) is 11.5 Å². The van der Waals surface area contributed by atoms with Gasteiger partial charge < -0.3 is 24.8 Å². The Morgan fingerprint density at radius 2 is 2.30 bits per heavy atom. The molecule has 6 nitrogen and oxygen atoms in total. The van der Waals surface area contributed by atoms with Crippen molar-refractivity contribution in [1.82, 2.24) is 10.6 Å². The quantitative estimate of drug-likeness (QED) is 0.818. The van der Waals surface area contributed by atoms with Gasteiger partial charge in [0.1, 0.15) is 11.5 Å². The molecule has 0 bridgehead atoms. The van der Waals surface area contributed by atoms with E-state index in [9.17, 15) is 4.79 Å². The van der Waals surface area contributed by atoms with Gasteiger partial charge in [-0.05, 0) is 18.2 Å². The second-order valence-corrected chi connectivity index (χ2v) is 4.50. The van der Waals surface area contributed by atoms with Crippen LogP contribution in [-0.4, -0.2) is 52.5 Å². The molecule has 0 radical (unpaired) electrons. The summed E-state index contributed by atoms with van der Waals surface area (Å²) in [4.78, 5) is 12.2. The monoisotopic (exact) mass is 280 g/mol. The van der Waals surface area contributed by atoms with Crippen molar-refractivity contribution in [2.45, 2.75) is 6.04 Å². The Morgan fingerprint density at radius 1 is 1.45 bits per heavy atom. The van der Waals surface area contributed by atoms with E-state index in [-0.39, 0.29) is 11.9 Å². The molecule has 0 saturated carbocycles. The molecule has 1 aromatic rings. The topological polar surface area (TPSA) is 68.8 Å². The van der Waals surface area contributed by atoms with Gasteiger partial charge in [-0.25, -0.2) is 0 Å². The maximum Gasteiger partial charge on any atom is 0.255 e. The molecule has 2 rings (SSSR count). The fourth-order valence-electron chi connectivity index (χ4n) is 2.05. The van der Waals surface area contributed by atoms with Gasteiger partial charge in [0.25, 0.3) is 5.91 Å². The number of nitrogens with one attached hydrogen (secondary N) is 2. The predicted octanol–water partition coefficient (Wildman–Crippen LogP) is 0.422. The molecule has 6 heteroatoms. The van der Waals surface area contributed by atoms with E-state index in [0.29, 0.717) is 36.8 Å². The number of carbonyl (C=O) groups excluding carboxylic acids is 1. The SMILES string of the molecule is COc1ccc(OC)c(C(=O)NCC2COCCN2)c1. The molecule has 20 heavy (non-hydrogen) atoms. The summed E-state index contributed by atoms with van der Waals surface area (Å²) in [6, 6.07) is 5.28. The van der Waals surface area contributed by atoms with Gasteiger partial charge in [-0.15, -0.1) is 0 Å². The first-order chi connectivity index (χ1) is 9.74. The third-order valence-electron chi connectivity index (χ3n) is 3.16. The average Bonchev–Trinajstić information content (AvgIpc) is 2.52. The van der Waals surface area contributed by atoms with Crippen LogP contribution in [0.1, 0.15) is 10.4 Å². The summed E-state index contributed by atoms with van der Waals surface area (Å²) in [5.74, 6) is 0.958. The lowest BCUT2D eigenvalue weighted by atomic mass is 10.1. The van der Waals surface area contributed by atoms with Crippen LogP contribution in [0.15, 0.2) is 18.2 Å². The third kappa shape index (κ3) is 3.61. The van der Waals surface area contributed by atoms with Crippen LogP contribution < -0.4 is 20.1 Å². The summed E-state index contributed by atoms with van der Waals surface area (Å²) in [6.45, 7) is 2.64. The molecule has 1 aliphatic heterocycles. The summed E-state index contributed by atoms with van der Waals surface area (Å²) < 4.78 is 15.7. The molecular weight excluding hydrogens is 260 g/mol. The lowest BCUT2D eigenvalue weighted by Gasteiger charge is -2.24. The predicted molar refractivity (Wildman–Crippen MR) is 74.5 cm³/mol. The highest BCUT2D eigenvalue weighted by Gasteiger charge is 2.17. The summed E-state index contributed by atoms with van der Waals surface area (Å²) in [5.41, 5.74) is 0.462. The fraction of sp³-hybridized carbons (Fsp3) is 0.500. The fourth-order valence-corrected chi connectivity index (χ4v) is 2.05.